The SMILES string of the molecule is COc1cccc(NC(=O)CC2CCNCC2)c1. The van der Waals surface area contributed by atoms with E-state index in [1.54, 1.807) is 7.11 Å². The molecule has 1 aliphatic heterocycles. The van der Waals surface area contributed by atoms with Gasteiger partial charge in [-0.25, -0.2) is 0 Å². The summed E-state index contributed by atoms with van der Waals surface area (Å²) in [5.41, 5.74) is 0.799. The average molecular weight is 248 g/mol. The van der Waals surface area contributed by atoms with Crippen molar-refractivity contribution < 1.29 is 9.53 Å². The van der Waals surface area contributed by atoms with E-state index in [9.17, 15) is 4.79 Å². The Morgan fingerprint density at radius 1 is 1.44 bits per heavy atom. The second-order valence-corrected chi connectivity index (χ2v) is 4.68. The molecule has 18 heavy (non-hydrogen) atoms. The van der Waals surface area contributed by atoms with Gasteiger partial charge in [-0.2, -0.15) is 0 Å². The fourth-order valence-electron chi connectivity index (χ4n) is 2.26. The molecule has 0 aromatic heterocycles. The minimum atomic E-state index is 0.0927. The predicted molar refractivity (Wildman–Crippen MR) is 71.8 cm³/mol. The van der Waals surface area contributed by atoms with Crippen molar-refractivity contribution in [2.75, 3.05) is 25.5 Å². The van der Waals surface area contributed by atoms with E-state index in [1.165, 1.54) is 0 Å². The molecule has 1 heterocycles. The number of carbonyl (C=O) groups excluding carboxylic acids is 1. The number of carbonyl (C=O) groups is 1. The number of hydrogen-bond donors (Lipinski definition) is 2. The lowest BCUT2D eigenvalue weighted by molar-refractivity contribution is -0.117. The van der Waals surface area contributed by atoms with E-state index in [0.717, 1.165) is 37.4 Å². The largest absolute Gasteiger partial charge is 0.497 e. The van der Waals surface area contributed by atoms with E-state index in [1.807, 2.05) is 24.3 Å². The first-order valence-corrected chi connectivity index (χ1v) is 6.42. The van der Waals surface area contributed by atoms with Crippen molar-refractivity contribution in [3.05, 3.63) is 24.3 Å². The molecule has 0 bridgehead atoms. The monoisotopic (exact) mass is 248 g/mol. The van der Waals surface area contributed by atoms with E-state index in [4.69, 9.17) is 4.74 Å². The topological polar surface area (TPSA) is 50.4 Å². The van der Waals surface area contributed by atoms with Gasteiger partial charge in [0.15, 0.2) is 0 Å². The second kappa shape index (κ2) is 6.40. The van der Waals surface area contributed by atoms with Crippen LogP contribution in [0.15, 0.2) is 24.3 Å². The second-order valence-electron chi connectivity index (χ2n) is 4.68. The van der Waals surface area contributed by atoms with E-state index in [-0.39, 0.29) is 5.91 Å². The number of piperidine rings is 1. The molecule has 2 N–H and O–H groups in total. The van der Waals surface area contributed by atoms with Crippen molar-refractivity contribution in [2.45, 2.75) is 19.3 Å². The Labute approximate surface area is 108 Å². The molecule has 1 aromatic carbocycles. The van der Waals surface area contributed by atoms with Gasteiger partial charge in [0.05, 0.1) is 7.11 Å². The minimum Gasteiger partial charge on any atom is -0.497 e. The van der Waals surface area contributed by atoms with Crippen molar-refractivity contribution in [2.24, 2.45) is 5.92 Å². The van der Waals surface area contributed by atoms with Crippen molar-refractivity contribution in [3.63, 3.8) is 0 Å². The van der Waals surface area contributed by atoms with Crippen LogP contribution in [0.1, 0.15) is 19.3 Å². The molecule has 4 heteroatoms. The molecule has 0 aliphatic carbocycles. The van der Waals surface area contributed by atoms with E-state index in [2.05, 4.69) is 10.6 Å². The first-order chi connectivity index (χ1) is 8.78. The van der Waals surface area contributed by atoms with Crippen LogP contribution in [0.5, 0.6) is 5.75 Å². The number of hydrogen-bond acceptors (Lipinski definition) is 3. The van der Waals surface area contributed by atoms with E-state index >= 15 is 0 Å². The summed E-state index contributed by atoms with van der Waals surface area (Å²) in [4.78, 5) is 11.9. The highest BCUT2D eigenvalue weighted by molar-refractivity contribution is 5.91. The minimum absolute atomic E-state index is 0.0927. The molecule has 1 aromatic rings. The van der Waals surface area contributed by atoms with Crippen LogP contribution in [0, 0.1) is 5.92 Å². The van der Waals surface area contributed by atoms with Gasteiger partial charge in [-0.15, -0.1) is 0 Å². The highest BCUT2D eigenvalue weighted by Gasteiger charge is 2.16. The number of ether oxygens (including phenoxy) is 1. The van der Waals surface area contributed by atoms with Crippen LogP contribution in [0.3, 0.4) is 0 Å². The van der Waals surface area contributed by atoms with Gasteiger partial charge in [0.25, 0.3) is 0 Å². The number of nitrogens with one attached hydrogen (secondary N) is 2. The lowest BCUT2D eigenvalue weighted by atomic mass is 9.94. The number of rotatable bonds is 4. The van der Waals surface area contributed by atoms with Crippen LogP contribution in [-0.4, -0.2) is 26.1 Å². The molecule has 0 radical (unpaired) electrons. The van der Waals surface area contributed by atoms with Crippen LogP contribution >= 0.6 is 0 Å². The molecule has 1 fully saturated rings. The first-order valence-electron chi connectivity index (χ1n) is 6.42. The summed E-state index contributed by atoms with van der Waals surface area (Å²) in [5, 5.41) is 6.23. The van der Waals surface area contributed by atoms with Crippen LogP contribution in [0.4, 0.5) is 5.69 Å². The van der Waals surface area contributed by atoms with Crippen LogP contribution in [0.2, 0.25) is 0 Å². The highest BCUT2D eigenvalue weighted by atomic mass is 16.5. The van der Waals surface area contributed by atoms with Crippen LogP contribution < -0.4 is 15.4 Å². The Hall–Kier alpha value is -1.55. The quantitative estimate of drug-likeness (QED) is 0.857. The maximum Gasteiger partial charge on any atom is 0.224 e. The zero-order valence-corrected chi connectivity index (χ0v) is 10.7. The molecule has 1 amide bonds. The summed E-state index contributed by atoms with van der Waals surface area (Å²) < 4.78 is 5.13. The third-order valence-corrected chi connectivity index (χ3v) is 3.29. The lowest BCUT2D eigenvalue weighted by Gasteiger charge is -2.21. The number of amides is 1. The van der Waals surface area contributed by atoms with Gasteiger partial charge in [-0.1, -0.05) is 6.07 Å². The molecule has 0 unspecified atom stereocenters. The van der Waals surface area contributed by atoms with Crippen molar-refractivity contribution >= 4 is 11.6 Å². The molecule has 0 atom stereocenters. The van der Waals surface area contributed by atoms with Crippen molar-refractivity contribution in [3.8, 4) is 5.75 Å². The Bertz CT molecular complexity index is 401. The van der Waals surface area contributed by atoms with Crippen molar-refractivity contribution in [1.29, 1.82) is 0 Å². The Kier molecular flexibility index (Phi) is 4.59. The summed E-state index contributed by atoms with van der Waals surface area (Å²) >= 11 is 0. The lowest BCUT2D eigenvalue weighted by Crippen LogP contribution is -2.30. The fourth-order valence-corrected chi connectivity index (χ4v) is 2.26. The predicted octanol–water partition coefficient (Wildman–Crippen LogP) is 2.02. The summed E-state index contributed by atoms with van der Waals surface area (Å²) in [6.45, 7) is 2.05. The van der Waals surface area contributed by atoms with Crippen molar-refractivity contribution in [1.82, 2.24) is 5.32 Å². The van der Waals surface area contributed by atoms with Gasteiger partial charge >= 0.3 is 0 Å². The maximum atomic E-state index is 11.9. The molecule has 1 aliphatic rings. The molecule has 0 spiro atoms. The summed E-state index contributed by atoms with van der Waals surface area (Å²) in [5.74, 6) is 1.36. The molecular formula is C14H20N2O2. The standard InChI is InChI=1S/C14H20N2O2/c1-18-13-4-2-3-12(10-13)16-14(17)9-11-5-7-15-8-6-11/h2-4,10-11,15H,5-9H2,1H3,(H,16,17). The number of benzene rings is 1. The molecule has 1 saturated heterocycles. The van der Waals surface area contributed by atoms with Gasteiger partial charge in [-0.05, 0) is 44.0 Å². The van der Waals surface area contributed by atoms with Gasteiger partial charge in [0.1, 0.15) is 5.75 Å². The third-order valence-electron chi connectivity index (χ3n) is 3.29. The zero-order valence-electron chi connectivity index (χ0n) is 10.7. The molecular weight excluding hydrogens is 228 g/mol. The van der Waals surface area contributed by atoms with Gasteiger partial charge < -0.3 is 15.4 Å². The summed E-state index contributed by atoms with van der Waals surface area (Å²) in [6.07, 6.45) is 2.79. The van der Waals surface area contributed by atoms with Gasteiger partial charge in [0, 0.05) is 18.2 Å². The highest BCUT2D eigenvalue weighted by Crippen LogP contribution is 2.19. The molecule has 0 saturated carbocycles. The fraction of sp³-hybridized carbons (Fsp3) is 0.500. The van der Waals surface area contributed by atoms with Gasteiger partial charge in [0.2, 0.25) is 5.91 Å². The van der Waals surface area contributed by atoms with E-state index in [0.29, 0.717) is 12.3 Å². The first kappa shape index (κ1) is 12.9. The molecule has 2 rings (SSSR count). The Balaban J connectivity index is 1.85. The Morgan fingerprint density at radius 2 is 2.22 bits per heavy atom. The number of anilines is 1. The van der Waals surface area contributed by atoms with Crippen LogP contribution in [0.25, 0.3) is 0 Å². The van der Waals surface area contributed by atoms with E-state index < -0.39 is 0 Å². The zero-order chi connectivity index (χ0) is 12.8. The molecule has 4 nitrogen and oxygen atoms in total. The normalized spacial score (nSPS) is 16.3. The smallest absolute Gasteiger partial charge is 0.224 e. The maximum absolute atomic E-state index is 11.9. The average Bonchev–Trinajstić information content (AvgIpc) is 2.40. The third kappa shape index (κ3) is 3.74. The number of methoxy groups -OCH3 is 1. The Morgan fingerprint density at radius 3 is 2.94 bits per heavy atom. The van der Waals surface area contributed by atoms with Gasteiger partial charge in [-0.3, -0.25) is 4.79 Å². The molecule has 98 valence electrons. The van der Waals surface area contributed by atoms with Crippen LogP contribution in [-0.2, 0) is 4.79 Å². The summed E-state index contributed by atoms with van der Waals surface area (Å²) in [6, 6.07) is 7.45. The summed E-state index contributed by atoms with van der Waals surface area (Å²) in [7, 11) is 1.62.